The number of hydrogen-bond acceptors (Lipinski definition) is 9. The minimum atomic E-state index is -3.03. The van der Waals surface area contributed by atoms with Crippen LogP contribution < -0.4 is 11.2 Å². The molecule has 0 aromatic heterocycles. The van der Waals surface area contributed by atoms with Gasteiger partial charge in [0.05, 0.1) is 29.0 Å². The van der Waals surface area contributed by atoms with E-state index in [9.17, 15) is 33.7 Å². The van der Waals surface area contributed by atoms with Gasteiger partial charge in [0.2, 0.25) is 11.4 Å². The fourth-order valence-electron chi connectivity index (χ4n) is 6.18. The van der Waals surface area contributed by atoms with E-state index >= 15 is 0 Å². The van der Waals surface area contributed by atoms with Crippen LogP contribution in [-0.2, 0) is 32.1 Å². The second-order valence-electron chi connectivity index (χ2n) is 9.55. The number of phenolic OH excluding ortho intramolecular Hbond substituents is 1. The number of hydroxylamine groups is 1. The number of halogens is 2. The number of alkyl halides is 2. The lowest BCUT2D eigenvalue weighted by Crippen LogP contribution is -2.67. The summed E-state index contributed by atoms with van der Waals surface area (Å²) in [5.41, 5.74) is 7.11. The van der Waals surface area contributed by atoms with Gasteiger partial charge in [-0.2, -0.15) is 14.3 Å². The van der Waals surface area contributed by atoms with Crippen molar-refractivity contribution in [3.8, 4) is 5.75 Å². The summed E-state index contributed by atoms with van der Waals surface area (Å²) in [6, 6.07) is 2.04. The first kappa shape index (κ1) is 24.2. The second-order valence-corrected chi connectivity index (χ2v) is 9.55. The molecule has 1 spiro atoms. The maximum absolute atomic E-state index is 14.0. The zero-order chi connectivity index (χ0) is 26.1. The molecule has 0 radical (unpaired) electrons. The molecule has 4 atom stereocenters. The Morgan fingerprint density at radius 2 is 2.06 bits per heavy atom. The fraction of sp³-hybridized carbons (Fsp3) is 0.417. The van der Waals surface area contributed by atoms with E-state index in [-0.39, 0.29) is 53.2 Å². The molecule has 1 aromatic rings. The highest BCUT2D eigenvalue weighted by atomic mass is 19.3. The van der Waals surface area contributed by atoms with Crippen molar-refractivity contribution in [1.82, 2.24) is 10.4 Å². The van der Waals surface area contributed by atoms with Gasteiger partial charge in [-0.15, -0.1) is 0 Å². The predicted molar refractivity (Wildman–Crippen MR) is 120 cm³/mol. The van der Waals surface area contributed by atoms with Crippen LogP contribution in [0.25, 0.3) is 5.76 Å². The van der Waals surface area contributed by atoms with Crippen LogP contribution in [-0.4, -0.2) is 64.3 Å². The van der Waals surface area contributed by atoms with Crippen LogP contribution in [0.4, 0.5) is 8.78 Å². The van der Waals surface area contributed by atoms with E-state index in [4.69, 9.17) is 10.5 Å². The van der Waals surface area contributed by atoms with Crippen molar-refractivity contribution in [2.75, 3.05) is 14.1 Å². The maximum Gasteiger partial charge on any atom is 0.360 e. The minimum Gasteiger partial charge on any atom is -0.510 e. The molecule has 0 saturated heterocycles. The average Bonchev–Trinajstić information content (AvgIpc) is 2.76. The van der Waals surface area contributed by atoms with Crippen LogP contribution in [0.1, 0.15) is 23.1 Å². The Morgan fingerprint density at radius 3 is 2.64 bits per heavy atom. The first-order valence-electron chi connectivity index (χ1n) is 11.3. The topological polar surface area (TPSA) is 155 Å². The third-order valence-electron chi connectivity index (χ3n) is 7.57. The number of nitrogens with two attached hydrogens (primary N) is 1. The van der Waals surface area contributed by atoms with Gasteiger partial charge in [-0.25, -0.2) is 4.84 Å². The lowest BCUT2D eigenvalue weighted by Gasteiger charge is -2.56. The molecule has 4 aliphatic rings. The molecule has 1 aromatic carbocycles. The lowest BCUT2D eigenvalue weighted by atomic mass is 9.54. The van der Waals surface area contributed by atoms with Crippen molar-refractivity contribution in [3.05, 3.63) is 57.6 Å². The molecular weight excluding hydrogens is 480 g/mol. The number of nitrogens with zero attached hydrogens (tertiary/aromatic N) is 1. The number of fused-ring (bicyclic) bond motifs is 2. The number of primary amides is 1. The Labute approximate surface area is 204 Å². The molecule has 0 unspecified atom stereocenters. The van der Waals surface area contributed by atoms with Crippen LogP contribution in [0.5, 0.6) is 5.75 Å². The Morgan fingerprint density at radius 1 is 1.33 bits per heavy atom. The van der Waals surface area contributed by atoms with Gasteiger partial charge in [-0.3, -0.25) is 14.5 Å². The van der Waals surface area contributed by atoms with Crippen LogP contribution in [0.3, 0.4) is 0 Å². The van der Waals surface area contributed by atoms with Gasteiger partial charge in [-0.1, -0.05) is 6.07 Å². The Kier molecular flexibility index (Phi) is 5.58. The number of amides is 1. The molecule has 36 heavy (non-hydrogen) atoms. The van der Waals surface area contributed by atoms with E-state index in [1.807, 2.05) is 0 Å². The third-order valence-corrected chi connectivity index (χ3v) is 7.57. The van der Waals surface area contributed by atoms with Gasteiger partial charge >= 0.3 is 6.61 Å². The van der Waals surface area contributed by atoms with E-state index in [0.717, 1.165) is 0 Å². The van der Waals surface area contributed by atoms with E-state index in [0.29, 0.717) is 11.1 Å². The molecule has 1 heterocycles. The number of phenols is 1. The molecular formula is C24H25F2N3O7. The standard InChI is InChI=1S/C24H25F2N3O7/c1-29(2)18-12-6-10-5-11-9(7-28-36-23(25)26)3-4-14(30)16(11)19(31)15(10)21(33)24(12)13(8-35-24)17(20(18)32)22(27)34/h3-4,8,10,12,18,23,28,30-32H,5-7H2,1-2H3,(H2,27,34)/t10-,12-,18-,24+/m0/s1. The SMILES string of the molecule is CN(C)[C@@H]1C(O)=C(C(N)=O)C2=CO[C@@]23C(=O)C2=C(O)c4c(O)ccc(CNOC(F)F)c4C[C@H]2C[C@@H]13. The number of ether oxygens (including phenoxy) is 1. The van der Waals surface area contributed by atoms with Crippen molar-refractivity contribution in [2.45, 2.75) is 37.6 Å². The van der Waals surface area contributed by atoms with Gasteiger partial charge in [0.1, 0.15) is 17.3 Å². The van der Waals surface area contributed by atoms with Crippen LogP contribution >= 0.6 is 0 Å². The molecule has 3 aliphatic carbocycles. The highest BCUT2D eigenvalue weighted by Crippen LogP contribution is 2.59. The summed E-state index contributed by atoms with van der Waals surface area (Å²) >= 11 is 0. The molecule has 5 rings (SSSR count). The third kappa shape index (κ3) is 3.18. The first-order chi connectivity index (χ1) is 17.0. The molecule has 1 amide bonds. The van der Waals surface area contributed by atoms with E-state index < -0.39 is 47.5 Å². The van der Waals surface area contributed by atoms with E-state index in [1.165, 1.54) is 18.4 Å². The number of aliphatic hydroxyl groups is 2. The number of ketones is 1. The fourth-order valence-corrected chi connectivity index (χ4v) is 6.18. The van der Waals surface area contributed by atoms with Crippen LogP contribution in [0.15, 0.2) is 40.9 Å². The van der Waals surface area contributed by atoms with Crippen molar-refractivity contribution in [2.24, 2.45) is 17.6 Å². The summed E-state index contributed by atoms with van der Waals surface area (Å²) in [6.07, 6.45) is 1.70. The molecule has 6 N–H and O–H groups in total. The number of aliphatic hydroxyl groups excluding tert-OH is 2. The minimum absolute atomic E-state index is 0.0270. The zero-order valence-electron chi connectivity index (χ0n) is 19.4. The average molecular weight is 505 g/mol. The number of aromatic hydroxyl groups is 1. The van der Waals surface area contributed by atoms with Crippen molar-refractivity contribution >= 4 is 17.4 Å². The number of carbonyl (C=O) groups excluding carboxylic acids is 2. The van der Waals surface area contributed by atoms with Crippen molar-refractivity contribution < 1.29 is 43.3 Å². The molecule has 12 heteroatoms. The van der Waals surface area contributed by atoms with Gasteiger partial charge < -0.3 is 25.8 Å². The van der Waals surface area contributed by atoms with Crippen LogP contribution in [0.2, 0.25) is 0 Å². The molecule has 1 fully saturated rings. The molecule has 10 nitrogen and oxygen atoms in total. The largest absolute Gasteiger partial charge is 0.510 e. The summed E-state index contributed by atoms with van der Waals surface area (Å²) in [7, 11) is 3.38. The van der Waals surface area contributed by atoms with Crippen LogP contribution in [0, 0.1) is 11.8 Å². The molecule has 1 saturated carbocycles. The number of hydrogen-bond donors (Lipinski definition) is 5. The van der Waals surface area contributed by atoms with Gasteiger partial charge in [0, 0.05) is 18.0 Å². The van der Waals surface area contributed by atoms with Crippen molar-refractivity contribution in [1.29, 1.82) is 0 Å². The first-order valence-corrected chi connectivity index (χ1v) is 11.3. The summed E-state index contributed by atoms with van der Waals surface area (Å²) < 4.78 is 30.6. The summed E-state index contributed by atoms with van der Waals surface area (Å²) in [5, 5.41) is 32.8. The number of benzene rings is 1. The van der Waals surface area contributed by atoms with E-state index in [2.05, 4.69) is 10.3 Å². The Balaban J connectivity index is 1.63. The number of rotatable bonds is 6. The Bertz CT molecular complexity index is 1270. The summed E-state index contributed by atoms with van der Waals surface area (Å²) in [5.74, 6) is -3.62. The van der Waals surface area contributed by atoms with Gasteiger partial charge in [0.25, 0.3) is 5.91 Å². The highest BCUT2D eigenvalue weighted by molar-refractivity contribution is 6.15. The number of carbonyl (C=O) groups is 2. The van der Waals surface area contributed by atoms with Crippen molar-refractivity contribution in [3.63, 3.8) is 0 Å². The van der Waals surface area contributed by atoms with Gasteiger partial charge in [-0.05, 0) is 50.0 Å². The lowest BCUT2D eigenvalue weighted by molar-refractivity contribution is -0.175. The normalized spacial score (nSPS) is 28.7. The number of Topliss-reactive ketones (excluding diaryl/α,β-unsaturated/α-hetero) is 1. The second kappa shape index (κ2) is 8.29. The monoisotopic (exact) mass is 505 g/mol. The molecule has 192 valence electrons. The summed E-state index contributed by atoms with van der Waals surface area (Å²) in [4.78, 5) is 32.1. The Hall–Kier alpha value is -3.48. The maximum atomic E-state index is 14.0. The zero-order valence-corrected chi connectivity index (χ0v) is 19.4. The summed E-state index contributed by atoms with van der Waals surface area (Å²) in [6.45, 7) is -3.17. The number of nitrogens with one attached hydrogen (secondary N) is 1. The van der Waals surface area contributed by atoms with E-state index in [1.54, 1.807) is 19.0 Å². The van der Waals surface area contributed by atoms with Gasteiger partial charge in [0.15, 0.2) is 0 Å². The smallest absolute Gasteiger partial charge is 0.360 e. The quantitative estimate of drug-likeness (QED) is 0.362. The molecule has 0 bridgehead atoms. The number of likely N-dealkylation sites (N-methyl/N-ethyl adjacent to an activating group) is 1. The highest BCUT2D eigenvalue weighted by Gasteiger charge is 2.68. The molecule has 1 aliphatic heterocycles. The predicted octanol–water partition coefficient (Wildman–Crippen LogP) is 1.56.